The number of halogens is 3. The van der Waals surface area contributed by atoms with Gasteiger partial charge in [-0.2, -0.15) is 18.2 Å². The monoisotopic (exact) mass is 369 g/mol. The van der Waals surface area contributed by atoms with Gasteiger partial charge in [0.2, 0.25) is 5.91 Å². The maximum atomic E-state index is 12.9. The lowest BCUT2D eigenvalue weighted by Gasteiger charge is -2.13. The Labute approximate surface area is 145 Å². The number of rotatable bonds is 4. The van der Waals surface area contributed by atoms with Crippen LogP contribution >= 0.6 is 11.8 Å². The highest BCUT2D eigenvalue weighted by Crippen LogP contribution is 2.34. The lowest BCUT2D eigenvalue weighted by atomic mass is 10.1. The van der Waals surface area contributed by atoms with Crippen LogP contribution < -0.4 is 11.0 Å². The fourth-order valence-electron chi connectivity index (χ4n) is 2.71. The molecule has 9 heteroatoms. The van der Waals surface area contributed by atoms with E-state index in [1.54, 1.807) is 0 Å². The van der Waals surface area contributed by atoms with E-state index in [1.807, 2.05) is 0 Å². The molecule has 2 N–H and O–H groups in total. The number of thioether (sulfide) groups is 1. The number of aryl methyl sites for hydroxylation is 1. The van der Waals surface area contributed by atoms with Gasteiger partial charge in [0.1, 0.15) is 5.03 Å². The lowest BCUT2D eigenvalue weighted by molar-refractivity contribution is -0.137. The first-order valence-electron chi connectivity index (χ1n) is 7.55. The Morgan fingerprint density at radius 3 is 2.80 bits per heavy atom. The van der Waals surface area contributed by atoms with Gasteiger partial charge in [-0.25, -0.2) is 4.79 Å². The molecule has 1 aromatic heterocycles. The molecule has 1 amide bonds. The number of para-hydroxylation sites is 1. The third kappa shape index (κ3) is 4.04. The molecule has 0 unspecified atom stereocenters. The average molecular weight is 369 g/mol. The standard InChI is InChI=1S/C16H14F3N3O2S/c17-16(18,19)10-5-1-2-6-12(10)20-13(23)8-25-14-9-4-3-7-11(9)21-15(24)22-14/h1-2,5-6H,3-4,7-8H2,(H,20,23)(H,21,22,24). The first kappa shape index (κ1) is 17.5. The molecule has 25 heavy (non-hydrogen) atoms. The number of anilines is 1. The molecule has 0 saturated carbocycles. The van der Waals surface area contributed by atoms with Crippen LogP contribution in [0, 0.1) is 0 Å². The Hall–Kier alpha value is -2.29. The van der Waals surface area contributed by atoms with E-state index in [0.717, 1.165) is 48.3 Å². The predicted octanol–water partition coefficient (Wildman–Crippen LogP) is 3.01. The number of carbonyl (C=O) groups is 1. The summed E-state index contributed by atoms with van der Waals surface area (Å²) >= 11 is 1.06. The number of fused-ring (bicyclic) bond motifs is 1. The maximum Gasteiger partial charge on any atom is 0.418 e. The topological polar surface area (TPSA) is 74.8 Å². The van der Waals surface area contributed by atoms with E-state index in [9.17, 15) is 22.8 Å². The number of amides is 1. The zero-order chi connectivity index (χ0) is 18.0. The molecule has 0 saturated heterocycles. The summed E-state index contributed by atoms with van der Waals surface area (Å²) in [5, 5.41) is 2.74. The molecule has 0 aliphatic heterocycles. The zero-order valence-corrected chi connectivity index (χ0v) is 13.8. The van der Waals surface area contributed by atoms with Crippen LogP contribution in [0.15, 0.2) is 34.1 Å². The number of aromatic amines is 1. The van der Waals surface area contributed by atoms with Crippen LogP contribution in [-0.4, -0.2) is 21.6 Å². The second-order valence-corrected chi connectivity index (χ2v) is 6.50. The quantitative estimate of drug-likeness (QED) is 0.642. The summed E-state index contributed by atoms with van der Waals surface area (Å²) in [6.07, 6.45) is -2.13. The van der Waals surface area contributed by atoms with E-state index in [2.05, 4.69) is 15.3 Å². The van der Waals surface area contributed by atoms with Crippen molar-refractivity contribution < 1.29 is 18.0 Å². The number of alkyl halides is 3. The van der Waals surface area contributed by atoms with E-state index >= 15 is 0 Å². The Kier molecular flexibility index (Phi) is 4.85. The van der Waals surface area contributed by atoms with Gasteiger partial charge in [0.15, 0.2) is 0 Å². The van der Waals surface area contributed by atoms with Crippen molar-refractivity contribution in [3.05, 3.63) is 51.6 Å². The number of H-pyrrole nitrogens is 1. The molecule has 0 radical (unpaired) electrons. The van der Waals surface area contributed by atoms with Gasteiger partial charge in [-0.15, -0.1) is 0 Å². The van der Waals surface area contributed by atoms with Gasteiger partial charge in [0, 0.05) is 11.3 Å². The van der Waals surface area contributed by atoms with E-state index in [1.165, 1.54) is 18.2 Å². The summed E-state index contributed by atoms with van der Waals surface area (Å²) in [4.78, 5) is 30.1. The summed E-state index contributed by atoms with van der Waals surface area (Å²) in [5.41, 5.74) is 0.0672. The molecule has 3 rings (SSSR count). The second-order valence-electron chi connectivity index (χ2n) is 5.54. The fraction of sp³-hybridized carbons (Fsp3) is 0.312. The van der Waals surface area contributed by atoms with Gasteiger partial charge in [0.25, 0.3) is 0 Å². The predicted molar refractivity (Wildman–Crippen MR) is 87.7 cm³/mol. The number of hydrogen-bond donors (Lipinski definition) is 2. The van der Waals surface area contributed by atoms with Gasteiger partial charge in [-0.1, -0.05) is 23.9 Å². The van der Waals surface area contributed by atoms with E-state index in [4.69, 9.17) is 0 Å². The molecule has 0 atom stereocenters. The highest BCUT2D eigenvalue weighted by Gasteiger charge is 2.33. The zero-order valence-electron chi connectivity index (χ0n) is 12.9. The van der Waals surface area contributed by atoms with E-state index in [-0.39, 0.29) is 11.4 Å². The highest BCUT2D eigenvalue weighted by atomic mass is 32.2. The average Bonchev–Trinajstić information content (AvgIpc) is 3.00. The van der Waals surface area contributed by atoms with Crippen LogP contribution in [0.4, 0.5) is 18.9 Å². The SMILES string of the molecule is O=C(CSc1nc(=O)[nH]c2c1CCC2)Nc1ccccc1C(F)(F)F. The molecule has 1 aliphatic carbocycles. The molecule has 0 bridgehead atoms. The van der Waals surface area contributed by atoms with E-state index < -0.39 is 23.3 Å². The minimum absolute atomic E-state index is 0.130. The largest absolute Gasteiger partial charge is 0.418 e. The van der Waals surface area contributed by atoms with Crippen LogP contribution in [0.2, 0.25) is 0 Å². The molecule has 1 aliphatic rings. The number of nitrogens with zero attached hydrogens (tertiary/aromatic N) is 1. The first-order valence-corrected chi connectivity index (χ1v) is 8.54. The van der Waals surface area contributed by atoms with Crippen molar-refractivity contribution in [3.8, 4) is 0 Å². The molecule has 1 heterocycles. The van der Waals surface area contributed by atoms with Gasteiger partial charge in [0.05, 0.1) is 17.0 Å². The molecule has 132 valence electrons. The van der Waals surface area contributed by atoms with Gasteiger partial charge < -0.3 is 10.3 Å². The fourth-order valence-corrected chi connectivity index (χ4v) is 3.60. The Balaban J connectivity index is 1.70. The first-order chi connectivity index (χ1) is 11.8. The van der Waals surface area contributed by atoms with Crippen LogP contribution in [-0.2, 0) is 23.8 Å². The second kappa shape index (κ2) is 6.91. The van der Waals surface area contributed by atoms with Gasteiger partial charge in [-0.05, 0) is 31.4 Å². The lowest BCUT2D eigenvalue weighted by Crippen LogP contribution is -2.19. The number of aromatic nitrogens is 2. The summed E-state index contributed by atoms with van der Waals surface area (Å²) in [6, 6.07) is 4.79. The van der Waals surface area contributed by atoms with Gasteiger partial charge in [-0.3, -0.25) is 4.79 Å². The summed E-state index contributed by atoms with van der Waals surface area (Å²) in [5.74, 6) is -0.717. The normalized spacial score (nSPS) is 13.6. The van der Waals surface area contributed by atoms with Crippen LogP contribution in [0.1, 0.15) is 23.2 Å². The van der Waals surface area contributed by atoms with Crippen molar-refractivity contribution >= 4 is 23.4 Å². The van der Waals surface area contributed by atoms with Crippen molar-refractivity contribution in [3.63, 3.8) is 0 Å². The summed E-state index contributed by atoms with van der Waals surface area (Å²) < 4.78 is 38.8. The molecule has 5 nitrogen and oxygen atoms in total. The third-order valence-electron chi connectivity index (χ3n) is 3.78. The minimum atomic E-state index is -4.55. The van der Waals surface area contributed by atoms with Crippen LogP contribution in [0.5, 0.6) is 0 Å². The molecule has 0 fully saturated rings. The van der Waals surface area contributed by atoms with Crippen LogP contribution in [0.25, 0.3) is 0 Å². The summed E-state index contributed by atoms with van der Waals surface area (Å²) in [7, 11) is 0. The molecule has 1 aromatic carbocycles. The van der Waals surface area contributed by atoms with Crippen molar-refractivity contribution in [1.82, 2.24) is 9.97 Å². The van der Waals surface area contributed by atoms with Crippen molar-refractivity contribution in [2.24, 2.45) is 0 Å². The number of carbonyl (C=O) groups excluding carboxylic acids is 1. The van der Waals surface area contributed by atoms with E-state index in [0.29, 0.717) is 5.03 Å². The Morgan fingerprint density at radius 1 is 1.28 bits per heavy atom. The van der Waals surface area contributed by atoms with Gasteiger partial charge >= 0.3 is 11.9 Å². The number of hydrogen-bond acceptors (Lipinski definition) is 4. The molecular weight excluding hydrogens is 355 g/mol. The smallest absolute Gasteiger partial charge is 0.325 e. The van der Waals surface area contributed by atoms with Crippen LogP contribution in [0.3, 0.4) is 0 Å². The molecule has 0 spiro atoms. The Morgan fingerprint density at radius 2 is 2.04 bits per heavy atom. The minimum Gasteiger partial charge on any atom is -0.325 e. The molecule has 2 aromatic rings. The number of nitrogens with one attached hydrogen (secondary N) is 2. The van der Waals surface area contributed by atoms with Crippen molar-refractivity contribution in [2.45, 2.75) is 30.5 Å². The van der Waals surface area contributed by atoms with Crippen molar-refractivity contribution in [1.29, 1.82) is 0 Å². The highest BCUT2D eigenvalue weighted by molar-refractivity contribution is 8.00. The summed E-state index contributed by atoms with van der Waals surface area (Å²) in [6.45, 7) is 0. The van der Waals surface area contributed by atoms with Crippen molar-refractivity contribution in [2.75, 3.05) is 11.1 Å². The maximum absolute atomic E-state index is 12.9. The third-order valence-corrected chi connectivity index (χ3v) is 4.80. The number of benzene rings is 1. The molecular formula is C16H14F3N3O2S. The Bertz CT molecular complexity index is 864.